The topological polar surface area (TPSA) is 104 Å². The van der Waals surface area contributed by atoms with Gasteiger partial charge < -0.3 is 25.0 Å². The Balaban J connectivity index is 1.60. The van der Waals surface area contributed by atoms with Crippen LogP contribution in [-0.4, -0.2) is 63.3 Å². The number of likely N-dealkylation sites (tertiary alicyclic amines) is 1. The highest BCUT2D eigenvalue weighted by Gasteiger charge is 2.31. The zero-order chi connectivity index (χ0) is 19.5. The summed E-state index contributed by atoms with van der Waals surface area (Å²) < 4.78 is 6.02. The number of carboxylic acid groups (broad SMARTS) is 1. The van der Waals surface area contributed by atoms with Crippen molar-refractivity contribution in [1.29, 1.82) is 0 Å². The molecule has 2 aromatic rings. The van der Waals surface area contributed by atoms with Crippen LogP contribution < -0.4 is 15.0 Å². The zero-order valence-corrected chi connectivity index (χ0v) is 15.8. The Kier molecular flexibility index (Phi) is 5.14. The van der Waals surface area contributed by atoms with E-state index < -0.39 is 6.09 Å². The number of aryl methyl sites for hydroxylation is 1. The van der Waals surface area contributed by atoms with Gasteiger partial charge in [0.1, 0.15) is 6.33 Å². The van der Waals surface area contributed by atoms with Crippen molar-refractivity contribution in [3.05, 3.63) is 30.4 Å². The van der Waals surface area contributed by atoms with E-state index in [1.54, 1.807) is 18.7 Å². The van der Waals surface area contributed by atoms with Gasteiger partial charge in [0.25, 0.3) is 0 Å². The van der Waals surface area contributed by atoms with Gasteiger partial charge in [0.2, 0.25) is 5.75 Å². The Morgan fingerprint density at radius 3 is 2.86 bits per heavy atom. The molecular formula is C19H24N6O3. The SMILES string of the molecule is Cc1cnccc1Nc1ncnc2c1OCCCN2C1CCN(C(=O)O)CC1. The molecule has 0 saturated carbocycles. The Hall–Kier alpha value is -3.10. The minimum Gasteiger partial charge on any atom is -0.486 e. The molecule has 4 heterocycles. The molecule has 28 heavy (non-hydrogen) atoms. The molecule has 2 aromatic heterocycles. The van der Waals surface area contributed by atoms with E-state index in [0.29, 0.717) is 31.3 Å². The van der Waals surface area contributed by atoms with Crippen LogP contribution in [0.15, 0.2) is 24.8 Å². The number of piperidine rings is 1. The van der Waals surface area contributed by atoms with Crippen LogP contribution in [0.25, 0.3) is 0 Å². The maximum atomic E-state index is 11.2. The van der Waals surface area contributed by atoms with Crippen molar-refractivity contribution < 1.29 is 14.6 Å². The summed E-state index contributed by atoms with van der Waals surface area (Å²) in [5.41, 5.74) is 1.94. The zero-order valence-electron chi connectivity index (χ0n) is 15.8. The maximum Gasteiger partial charge on any atom is 0.407 e. The van der Waals surface area contributed by atoms with Gasteiger partial charge in [-0.3, -0.25) is 4.98 Å². The summed E-state index contributed by atoms with van der Waals surface area (Å²) in [4.78, 5) is 28.0. The molecule has 4 rings (SSSR count). The summed E-state index contributed by atoms with van der Waals surface area (Å²) in [6, 6.07) is 2.14. The largest absolute Gasteiger partial charge is 0.486 e. The van der Waals surface area contributed by atoms with Gasteiger partial charge in [-0.15, -0.1) is 0 Å². The molecule has 0 bridgehead atoms. The summed E-state index contributed by atoms with van der Waals surface area (Å²) in [6.07, 6.45) is 6.67. The fourth-order valence-electron chi connectivity index (χ4n) is 3.77. The van der Waals surface area contributed by atoms with Crippen molar-refractivity contribution in [2.75, 3.05) is 36.5 Å². The van der Waals surface area contributed by atoms with E-state index >= 15 is 0 Å². The summed E-state index contributed by atoms with van der Waals surface area (Å²) in [5, 5.41) is 12.5. The van der Waals surface area contributed by atoms with Gasteiger partial charge >= 0.3 is 6.09 Å². The lowest BCUT2D eigenvalue weighted by Crippen LogP contribution is -2.47. The Bertz CT molecular complexity index is 853. The van der Waals surface area contributed by atoms with E-state index in [-0.39, 0.29) is 6.04 Å². The first-order chi connectivity index (χ1) is 13.6. The fraction of sp³-hybridized carbons (Fsp3) is 0.474. The number of fused-ring (bicyclic) bond motifs is 1. The molecule has 0 aliphatic carbocycles. The minimum atomic E-state index is -0.848. The van der Waals surface area contributed by atoms with Crippen molar-refractivity contribution in [2.45, 2.75) is 32.2 Å². The first-order valence-electron chi connectivity index (χ1n) is 9.53. The number of carbonyl (C=O) groups is 1. The minimum absolute atomic E-state index is 0.237. The average molecular weight is 384 g/mol. The molecule has 0 spiro atoms. The smallest absolute Gasteiger partial charge is 0.407 e. The molecule has 0 unspecified atom stereocenters. The molecule has 2 aliphatic rings. The maximum absolute atomic E-state index is 11.2. The third-order valence-corrected chi connectivity index (χ3v) is 5.30. The number of ether oxygens (including phenoxy) is 1. The number of pyridine rings is 1. The Morgan fingerprint density at radius 2 is 2.11 bits per heavy atom. The molecule has 0 radical (unpaired) electrons. The number of rotatable bonds is 3. The number of amides is 1. The standard InChI is InChI=1S/C19H24N6O3/c1-13-11-20-6-3-15(13)23-17-16-18(22-12-21-17)25(7-2-10-28-16)14-4-8-24(9-5-14)19(26)27/h3,6,11-12,14H,2,4-5,7-10H2,1H3,(H,26,27)(H,20,21,22,23). The van der Waals surface area contributed by atoms with E-state index in [2.05, 4.69) is 25.2 Å². The van der Waals surface area contributed by atoms with Crippen molar-refractivity contribution >= 4 is 23.4 Å². The highest BCUT2D eigenvalue weighted by atomic mass is 16.5. The predicted molar refractivity (Wildman–Crippen MR) is 104 cm³/mol. The van der Waals surface area contributed by atoms with Crippen LogP contribution in [0, 0.1) is 6.92 Å². The fourth-order valence-corrected chi connectivity index (χ4v) is 3.77. The van der Waals surface area contributed by atoms with Gasteiger partial charge in [-0.05, 0) is 37.8 Å². The van der Waals surface area contributed by atoms with Crippen LogP contribution >= 0.6 is 0 Å². The van der Waals surface area contributed by atoms with Crippen LogP contribution in [0.4, 0.5) is 22.1 Å². The van der Waals surface area contributed by atoms with E-state index in [9.17, 15) is 9.90 Å². The van der Waals surface area contributed by atoms with Gasteiger partial charge in [0.05, 0.1) is 6.61 Å². The number of hydrogen-bond acceptors (Lipinski definition) is 7. The van der Waals surface area contributed by atoms with Crippen molar-refractivity contribution in [2.24, 2.45) is 0 Å². The molecule has 1 saturated heterocycles. The van der Waals surface area contributed by atoms with Gasteiger partial charge in [-0.1, -0.05) is 0 Å². The quantitative estimate of drug-likeness (QED) is 0.832. The number of aromatic nitrogens is 3. The van der Waals surface area contributed by atoms with E-state index in [4.69, 9.17) is 4.74 Å². The molecular weight excluding hydrogens is 360 g/mol. The summed E-state index contributed by atoms with van der Waals surface area (Å²) in [7, 11) is 0. The number of anilines is 3. The lowest BCUT2D eigenvalue weighted by molar-refractivity contribution is 0.131. The highest BCUT2D eigenvalue weighted by Crippen LogP contribution is 2.38. The van der Waals surface area contributed by atoms with Gasteiger partial charge in [0.15, 0.2) is 11.6 Å². The van der Waals surface area contributed by atoms with Crippen molar-refractivity contribution in [3.8, 4) is 5.75 Å². The number of nitrogens with one attached hydrogen (secondary N) is 1. The van der Waals surface area contributed by atoms with E-state index in [1.807, 2.05) is 13.0 Å². The average Bonchev–Trinajstić information content (AvgIpc) is 2.93. The van der Waals surface area contributed by atoms with E-state index in [0.717, 1.165) is 42.9 Å². The third kappa shape index (κ3) is 3.64. The summed E-state index contributed by atoms with van der Waals surface area (Å²) >= 11 is 0. The normalized spacial score (nSPS) is 17.5. The molecule has 0 aromatic carbocycles. The van der Waals surface area contributed by atoms with Crippen LogP contribution in [0.5, 0.6) is 5.75 Å². The Labute approximate surface area is 163 Å². The molecule has 1 amide bonds. The molecule has 2 aliphatic heterocycles. The predicted octanol–water partition coefficient (Wildman–Crippen LogP) is 2.65. The van der Waals surface area contributed by atoms with Crippen molar-refractivity contribution in [3.63, 3.8) is 0 Å². The molecule has 148 valence electrons. The van der Waals surface area contributed by atoms with Crippen LogP contribution in [-0.2, 0) is 0 Å². The van der Waals surface area contributed by atoms with Gasteiger partial charge in [-0.25, -0.2) is 14.8 Å². The second-order valence-electron chi connectivity index (χ2n) is 7.09. The monoisotopic (exact) mass is 384 g/mol. The summed E-state index contributed by atoms with van der Waals surface area (Å²) in [6.45, 7) is 4.49. The molecule has 2 N–H and O–H groups in total. The van der Waals surface area contributed by atoms with Crippen LogP contribution in [0.3, 0.4) is 0 Å². The van der Waals surface area contributed by atoms with Gasteiger partial charge in [0, 0.05) is 43.8 Å². The molecule has 9 nitrogen and oxygen atoms in total. The number of hydrogen-bond donors (Lipinski definition) is 2. The summed E-state index contributed by atoms with van der Waals surface area (Å²) in [5.74, 6) is 2.06. The third-order valence-electron chi connectivity index (χ3n) is 5.30. The molecule has 1 fully saturated rings. The molecule has 9 heteroatoms. The lowest BCUT2D eigenvalue weighted by atomic mass is 10.0. The van der Waals surface area contributed by atoms with Crippen molar-refractivity contribution in [1.82, 2.24) is 19.9 Å². The van der Waals surface area contributed by atoms with Crippen LogP contribution in [0.2, 0.25) is 0 Å². The first-order valence-corrected chi connectivity index (χ1v) is 9.53. The highest BCUT2D eigenvalue weighted by molar-refractivity contribution is 5.71. The number of nitrogens with zero attached hydrogens (tertiary/aromatic N) is 5. The van der Waals surface area contributed by atoms with E-state index in [1.165, 1.54) is 4.90 Å². The first kappa shape index (κ1) is 18.3. The Morgan fingerprint density at radius 1 is 1.29 bits per heavy atom. The van der Waals surface area contributed by atoms with Crippen LogP contribution in [0.1, 0.15) is 24.8 Å². The second-order valence-corrected chi connectivity index (χ2v) is 7.09. The lowest BCUT2D eigenvalue weighted by Gasteiger charge is -2.37. The second kappa shape index (κ2) is 7.87. The van der Waals surface area contributed by atoms with Gasteiger partial charge in [-0.2, -0.15) is 0 Å². The molecule has 0 atom stereocenters.